The predicted octanol–water partition coefficient (Wildman–Crippen LogP) is 4.03. The molecule has 0 N–H and O–H groups in total. The van der Waals surface area contributed by atoms with Crippen LogP contribution >= 0.6 is 0 Å². The molecule has 0 bridgehead atoms. The standard InChI is InChI=1S/C17H24O2/c1-16(2,3)10-11-7-13(17(4,5)6)12-9-15(18)19-14(12)8-11/h7-8H,9-10H2,1-6H3. The molecule has 0 unspecified atom stereocenters. The topological polar surface area (TPSA) is 26.3 Å². The van der Waals surface area contributed by atoms with Crippen molar-refractivity contribution in [3.63, 3.8) is 0 Å². The zero-order valence-corrected chi connectivity index (χ0v) is 12.9. The van der Waals surface area contributed by atoms with Gasteiger partial charge in [0.1, 0.15) is 5.75 Å². The maximum atomic E-state index is 11.6. The van der Waals surface area contributed by atoms with E-state index in [0.717, 1.165) is 17.7 Å². The summed E-state index contributed by atoms with van der Waals surface area (Å²) < 4.78 is 5.36. The highest BCUT2D eigenvalue weighted by atomic mass is 16.5. The van der Waals surface area contributed by atoms with E-state index in [0.29, 0.717) is 6.42 Å². The molecule has 0 aromatic heterocycles. The lowest BCUT2D eigenvalue weighted by Crippen LogP contribution is -2.16. The molecule has 1 aromatic carbocycles. The molecular weight excluding hydrogens is 236 g/mol. The van der Waals surface area contributed by atoms with Crippen molar-refractivity contribution >= 4 is 5.97 Å². The Bertz CT molecular complexity index is 513. The van der Waals surface area contributed by atoms with Gasteiger partial charge in [-0.05, 0) is 34.4 Å². The van der Waals surface area contributed by atoms with Crippen LogP contribution < -0.4 is 4.74 Å². The third-order valence-electron chi connectivity index (χ3n) is 3.36. The second-order valence-electron chi connectivity index (χ2n) is 7.76. The van der Waals surface area contributed by atoms with E-state index in [-0.39, 0.29) is 16.8 Å². The molecule has 19 heavy (non-hydrogen) atoms. The molecule has 2 nitrogen and oxygen atoms in total. The zero-order valence-electron chi connectivity index (χ0n) is 12.9. The van der Waals surface area contributed by atoms with E-state index in [2.05, 4.69) is 47.6 Å². The van der Waals surface area contributed by atoms with Gasteiger partial charge < -0.3 is 4.74 Å². The summed E-state index contributed by atoms with van der Waals surface area (Å²) in [5.74, 6) is 0.644. The third kappa shape index (κ3) is 3.17. The van der Waals surface area contributed by atoms with Crippen LogP contribution in [0.3, 0.4) is 0 Å². The Balaban J connectivity index is 2.51. The van der Waals surface area contributed by atoms with E-state index in [9.17, 15) is 4.79 Å². The molecule has 0 atom stereocenters. The van der Waals surface area contributed by atoms with Crippen molar-refractivity contribution in [3.8, 4) is 5.75 Å². The van der Waals surface area contributed by atoms with E-state index < -0.39 is 0 Å². The molecule has 0 spiro atoms. The van der Waals surface area contributed by atoms with Gasteiger partial charge in [-0.25, -0.2) is 0 Å². The molecular formula is C17H24O2. The van der Waals surface area contributed by atoms with Gasteiger partial charge in [0.05, 0.1) is 6.42 Å². The molecule has 0 aliphatic carbocycles. The fourth-order valence-corrected chi connectivity index (χ4v) is 2.66. The smallest absolute Gasteiger partial charge is 0.315 e. The lowest BCUT2D eigenvalue weighted by atomic mass is 9.80. The van der Waals surface area contributed by atoms with Crippen molar-refractivity contribution in [2.75, 3.05) is 0 Å². The molecule has 2 heteroatoms. The maximum absolute atomic E-state index is 11.6. The van der Waals surface area contributed by atoms with Crippen molar-refractivity contribution in [2.24, 2.45) is 5.41 Å². The van der Waals surface area contributed by atoms with Crippen LogP contribution in [0.4, 0.5) is 0 Å². The SMILES string of the molecule is CC(C)(C)Cc1cc2c(c(C(C)(C)C)c1)CC(=O)O2. The van der Waals surface area contributed by atoms with Gasteiger partial charge in [0.2, 0.25) is 0 Å². The van der Waals surface area contributed by atoms with E-state index in [1.54, 1.807) is 0 Å². The molecule has 1 aromatic rings. The van der Waals surface area contributed by atoms with Gasteiger partial charge in [-0.15, -0.1) is 0 Å². The van der Waals surface area contributed by atoms with Gasteiger partial charge in [0, 0.05) is 5.56 Å². The average molecular weight is 260 g/mol. The summed E-state index contributed by atoms with van der Waals surface area (Å²) in [7, 11) is 0. The van der Waals surface area contributed by atoms with Crippen LogP contribution in [0, 0.1) is 5.41 Å². The number of rotatable bonds is 1. The summed E-state index contributed by atoms with van der Waals surface area (Å²) in [6.07, 6.45) is 1.40. The number of carbonyl (C=O) groups excluding carboxylic acids is 1. The number of carbonyl (C=O) groups is 1. The molecule has 0 radical (unpaired) electrons. The normalized spacial score (nSPS) is 15.4. The van der Waals surface area contributed by atoms with Gasteiger partial charge >= 0.3 is 5.97 Å². The Morgan fingerprint density at radius 2 is 1.74 bits per heavy atom. The number of fused-ring (bicyclic) bond motifs is 1. The first-order chi connectivity index (χ1) is 8.56. The zero-order chi connectivity index (χ0) is 14.4. The largest absolute Gasteiger partial charge is 0.426 e. The van der Waals surface area contributed by atoms with Gasteiger partial charge in [0.25, 0.3) is 0 Å². The van der Waals surface area contributed by atoms with Gasteiger partial charge in [-0.1, -0.05) is 47.6 Å². The lowest BCUT2D eigenvalue weighted by Gasteiger charge is -2.25. The molecule has 0 saturated heterocycles. The fraction of sp³-hybridized carbons (Fsp3) is 0.588. The highest BCUT2D eigenvalue weighted by Crippen LogP contribution is 2.38. The number of esters is 1. The first kappa shape index (κ1) is 14.1. The highest BCUT2D eigenvalue weighted by molar-refractivity contribution is 5.82. The molecule has 104 valence electrons. The van der Waals surface area contributed by atoms with Gasteiger partial charge in [-0.2, -0.15) is 0 Å². The minimum absolute atomic E-state index is 0.0337. The molecule has 1 heterocycles. The Kier molecular flexibility index (Phi) is 3.24. The number of hydrogen-bond donors (Lipinski definition) is 0. The second kappa shape index (κ2) is 4.36. The summed E-state index contributed by atoms with van der Waals surface area (Å²) in [5, 5.41) is 0. The van der Waals surface area contributed by atoms with Crippen LogP contribution in [0.25, 0.3) is 0 Å². The first-order valence-electron chi connectivity index (χ1n) is 6.93. The quantitative estimate of drug-likeness (QED) is 0.563. The van der Waals surface area contributed by atoms with Crippen molar-refractivity contribution in [1.29, 1.82) is 0 Å². The summed E-state index contributed by atoms with van der Waals surface area (Å²) in [6, 6.07) is 4.30. The Morgan fingerprint density at radius 3 is 2.26 bits per heavy atom. The number of hydrogen-bond acceptors (Lipinski definition) is 2. The summed E-state index contributed by atoms with van der Waals surface area (Å²) in [4.78, 5) is 11.6. The molecule has 1 aliphatic rings. The van der Waals surface area contributed by atoms with Crippen molar-refractivity contribution in [1.82, 2.24) is 0 Å². The van der Waals surface area contributed by atoms with Crippen LogP contribution in [0.5, 0.6) is 5.75 Å². The van der Waals surface area contributed by atoms with Crippen LogP contribution in [0.1, 0.15) is 58.2 Å². The summed E-state index contributed by atoms with van der Waals surface area (Å²) >= 11 is 0. The van der Waals surface area contributed by atoms with Crippen molar-refractivity contribution < 1.29 is 9.53 Å². The second-order valence-corrected chi connectivity index (χ2v) is 7.76. The monoisotopic (exact) mass is 260 g/mol. The van der Waals surface area contributed by atoms with Gasteiger partial charge in [0.15, 0.2) is 0 Å². The van der Waals surface area contributed by atoms with E-state index >= 15 is 0 Å². The van der Waals surface area contributed by atoms with Crippen molar-refractivity contribution in [2.45, 2.75) is 59.8 Å². The Labute approximate surface area is 116 Å². The minimum atomic E-state index is -0.131. The molecule has 2 rings (SSSR count). The third-order valence-corrected chi connectivity index (χ3v) is 3.36. The van der Waals surface area contributed by atoms with Crippen molar-refractivity contribution in [3.05, 3.63) is 28.8 Å². The minimum Gasteiger partial charge on any atom is -0.426 e. The Morgan fingerprint density at radius 1 is 1.11 bits per heavy atom. The fourth-order valence-electron chi connectivity index (χ4n) is 2.66. The van der Waals surface area contributed by atoms with Gasteiger partial charge in [-0.3, -0.25) is 4.79 Å². The molecule has 0 fully saturated rings. The number of ether oxygens (including phenoxy) is 1. The molecule has 0 saturated carbocycles. The molecule has 0 amide bonds. The van der Waals surface area contributed by atoms with Crippen LogP contribution in [-0.4, -0.2) is 5.97 Å². The summed E-state index contributed by atoms with van der Waals surface area (Å²) in [5.41, 5.74) is 3.84. The lowest BCUT2D eigenvalue weighted by molar-refractivity contribution is -0.131. The number of benzene rings is 1. The van der Waals surface area contributed by atoms with E-state index in [1.807, 2.05) is 6.07 Å². The first-order valence-corrected chi connectivity index (χ1v) is 6.93. The predicted molar refractivity (Wildman–Crippen MR) is 77.6 cm³/mol. The Hall–Kier alpha value is -1.31. The van der Waals surface area contributed by atoms with E-state index in [1.165, 1.54) is 11.1 Å². The van der Waals surface area contributed by atoms with Crippen LogP contribution in [0.15, 0.2) is 12.1 Å². The van der Waals surface area contributed by atoms with E-state index in [4.69, 9.17) is 4.74 Å². The summed E-state index contributed by atoms with van der Waals surface area (Å²) in [6.45, 7) is 13.2. The van der Waals surface area contributed by atoms with Crippen LogP contribution in [-0.2, 0) is 23.1 Å². The van der Waals surface area contributed by atoms with Crippen LogP contribution in [0.2, 0.25) is 0 Å². The average Bonchev–Trinajstić information content (AvgIpc) is 2.52. The highest BCUT2D eigenvalue weighted by Gasteiger charge is 2.29. The maximum Gasteiger partial charge on any atom is 0.315 e. The molecule has 1 aliphatic heterocycles.